The fourth-order valence-electron chi connectivity index (χ4n) is 2.37. The molecule has 3 rings (SSSR count). The molecule has 4 heteroatoms. The van der Waals surface area contributed by atoms with Crippen LogP contribution in [0, 0.1) is 6.92 Å². The van der Waals surface area contributed by atoms with Crippen LogP contribution in [-0.2, 0) is 6.61 Å². The summed E-state index contributed by atoms with van der Waals surface area (Å²) in [6.07, 6.45) is 1.57. The Morgan fingerprint density at radius 3 is 2.77 bits per heavy atom. The van der Waals surface area contributed by atoms with E-state index >= 15 is 0 Å². The van der Waals surface area contributed by atoms with Gasteiger partial charge in [-0.3, -0.25) is 0 Å². The minimum absolute atomic E-state index is 0.0534. The van der Waals surface area contributed by atoms with Crippen LogP contribution in [0.4, 0.5) is 5.82 Å². The molecule has 0 spiro atoms. The molecule has 3 aromatic rings. The zero-order valence-electron chi connectivity index (χ0n) is 12.2. The summed E-state index contributed by atoms with van der Waals surface area (Å²) in [6, 6.07) is 15.2. The van der Waals surface area contributed by atoms with Gasteiger partial charge in [-0.1, -0.05) is 24.3 Å². The number of para-hydroxylation sites is 1. The number of hydrogen-bond acceptors (Lipinski definition) is 4. The van der Waals surface area contributed by atoms with Crippen molar-refractivity contribution in [1.29, 1.82) is 0 Å². The highest BCUT2D eigenvalue weighted by atomic mass is 16.3. The lowest BCUT2D eigenvalue weighted by Gasteiger charge is -2.06. The minimum atomic E-state index is -0.206. The zero-order chi connectivity index (χ0) is 15.5. The number of phenols is 1. The van der Waals surface area contributed by atoms with Gasteiger partial charge in [-0.05, 0) is 36.8 Å². The Morgan fingerprint density at radius 2 is 1.95 bits per heavy atom. The number of rotatable bonds is 3. The lowest BCUT2D eigenvalue weighted by molar-refractivity contribution is 0.275. The maximum absolute atomic E-state index is 10.1. The fraction of sp³-hybridized carbons (Fsp3) is 0.111. The van der Waals surface area contributed by atoms with Crippen LogP contribution in [0.3, 0.4) is 0 Å². The van der Waals surface area contributed by atoms with Gasteiger partial charge < -0.3 is 10.2 Å². The topological polar surface area (TPSA) is 65.7 Å². The molecule has 2 N–H and O–H groups in total. The molecule has 0 bridgehead atoms. The van der Waals surface area contributed by atoms with E-state index in [1.54, 1.807) is 12.3 Å². The summed E-state index contributed by atoms with van der Waals surface area (Å²) >= 11 is 0. The summed E-state index contributed by atoms with van der Waals surface area (Å²) in [5, 5.41) is 20.4. The van der Waals surface area contributed by atoms with Crippen LogP contribution in [0.15, 0.2) is 53.5 Å². The van der Waals surface area contributed by atoms with Gasteiger partial charge in [0.25, 0.3) is 0 Å². The summed E-state index contributed by atoms with van der Waals surface area (Å²) in [6.45, 7) is 1.70. The van der Waals surface area contributed by atoms with Crippen molar-refractivity contribution in [2.45, 2.75) is 13.5 Å². The molecule has 0 radical (unpaired) electrons. The number of aromatic hydroxyl groups is 1. The number of hydrogen-bond donors (Lipinski definition) is 2. The van der Waals surface area contributed by atoms with Crippen molar-refractivity contribution >= 4 is 22.9 Å². The zero-order valence-corrected chi connectivity index (χ0v) is 12.2. The Morgan fingerprint density at radius 1 is 1.14 bits per heavy atom. The van der Waals surface area contributed by atoms with E-state index in [-0.39, 0.29) is 12.4 Å². The maximum atomic E-state index is 10.1. The number of aliphatic hydroxyl groups excluding tert-OH is 1. The number of aliphatic hydroxyl groups is 1. The number of aryl methyl sites for hydroxylation is 1. The molecule has 0 fully saturated rings. The molecule has 0 aliphatic heterocycles. The van der Waals surface area contributed by atoms with Gasteiger partial charge in [-0.2, -0.15) is 0 Å². The van der Waals surface area contributed by atoms with Gasteiger partial charge in [-0.15, -0.1) is 0 Å². The van der Waals surface area contributed by atoms with Crippen molar-refractivity contribution in [3.05, 3.63) is 65.2 Å². The standard InChI is InChI=1S/C18H16N2O2/c1-12-8-14(18(22)15(9-12)11-21)10-19-17-7-6-13-4-2-3-5-16(13)20-17/h2-10,21-22H,11H2,1H3. The molecule has 110 valence electrons. The smallest absolute Gasteiger partial charge is 0.152 e. The fourth-order valence-corrected chi connectivity index (χ4v) is 2.37. The highest BCUT2D eigenvalue weighted by Gasteiger charge is 2.06. The van der Waals surface area contributed by atoms with Crippen LogP contribution in [0.25, 0.3) is 10.9 Å². The van der Waals surface area contributed by atoms with Crippen LogP contribution in [-0.4, -0.2) is 21.4 Å². The summed E-state index contributed by atoms with van der Waals surface area (Å²) < 4.78 is 0. The quantitative estimate of drug-likeness (QED) is 0.726. The third-order valence-electron chi connectivity index (χ3n) is 3.45. The first-order valence-corrected chi connectivity index (χ1v) is 7.00. The molecule has 2 aromatic carbocycles. The largest absolute Gasteiger partial charge is 0.507 e. The van der Waals surface area contributed by atoms with E-state index in [4.69, 9.17) is 0 Å². The van der Waals surface area contributed by atoms with Crippen LogP contribution in [0.5, 0.6) is 5.75 Å². The molecule has 0 amide bonds. The highest BCUT2D eigenvalue weighted by Crippen LogP contribution is 2.24. The van der Waals surface area contributed by atoms with Gasteiger partial charge in [-0.25, -0.2) is 9.98 Å². The second-order valence-electron chi connectivity index (χ2n) is 5.14. The van der Waals surface area contributed by atoms with Crippen LogP contribution >= 0.6 is 0 Å². The Balaban J connectivity index is 1.97. The van der Waals surface area contributed by atoms with Crippen LogP contribution in [0.1, 0.15) is 16.7 Å². The van der Waals surface area contributed by atoms with Crippen molar-refractivity contribution in [1.82, 2.24) is 4.98 Å². The first kappa shape index (κ1) is 14.2. The van der Waals surface area contributed by atoms with Gasteiger partial charge in [0.2, 0.25) is 0 Å². The summed E-state index contributed by atoms with van der Waals surface area (Å²) in [5.41, 5.74) is 2.89. The monoisotopic (exact) mass is 292 g/mol. The van der Waals surface area contributed by atoms with E-state index in [0.29, 0.717) is 16.9 Å². The molecular weight excluding hydrogens is 276 g/mol. The predicted octanol–water partition coefficient (Wildman–Crippen LogP) is 3.49. The molecule has 0 saturated heterocycles. The number of benzene rings is 2. The molecule has 0 aliphatic carbocycles. The van der Waals surface area contributed by atoms with Gasteiger partial charge in [0.05, 0.1) is 12.1 Å². The van der Waals surface area contributed by atoms with E-state index in [1.807, 2.05) is 49.4 Å². The van der Waals surface area contributed by atoms with E-state index in [2.05, 4.69) is 9.98 Å². The van der Waals surface area contributed by atoms with E-state index in [0.717, 1.165) is 16.5 Å². The molecule has 1 heterocycles. The first-order valence-electron chi connectivity index (χ1n) is 7.00. The minimum Gasteiger partial charge on any atom is -0.507 e. The number of aliphatic imine (C=N–C) groups is 1. The van der Waals surface area contributed by atoms with Crippen molar-refractivity contribution in [3.63, 3.8) is 0 Å². The van der Waals surface area contributed by atoms with Crippen molar-refractivity contribution < 1.29 is 10.2 Å². The number of nitrogens with zero attached hydrogens (tertiary/aromatic N) is 2. The van der Waals surface area contributed by atoms with E-state index < -0.39 is 0 Å². The van der Waals surface area contributed by atoms with Crippen LogP contribution < -0.4 is 0 Å². The lowest BCUT2D eigenvalue weighted by Crippen LogP contribution is -1.92. The van der Waals surface area contributed by atoms with Crippen molar-refractivity contribution in [2.75, 3.05) is 0 Å². The number of aromatic nitrogens is 1. The Labute approximate surface area is 128 Å². The van der Waals surface area contributed by atoms with Gasteiger partial charge in [0.15, 0.2) is 5.82 Å². The van der Waals surface area contributed by atoms with Gasteiger partial charge in [0.1, 0.15) is 5.75 Å². The second kappa shape index (κ2) is 5.95. The second-order valence-corrected chi connectivity index (χ2v) is 5.14. The summed E-state index contributed by atoms with van der Waals surface area (Å²) in [7, 11) is 0. The average molecular weight is 292 g/mol. The summed E-state index contributed by atoms with van der Waals surface area (Å²) in [5.74, 6) is 0.628. The Kier molecular flexibility index (Phi) is 3.85. The lowest BCUT2D eigenvalue weighted by atomic mass is 10.1. The molecule has 0 aliphatic rings. The number of pyridine rings is 1. The Hall–Kier alpha value is -2.72. The average Bonchev–Trinajstić information content (AvgIpc) is 2.55. The first-order chi connectivity index (χ1) is 10.7. The SMILES string of the molecule is Cc1cc(C=Nc2ccc3ccccc3n2)c(O)c(CO)c1. The molecular formula is C18H16N2O2. The van der Waals surface area contributed by atoms with Crippen LogP contribution in [0.2, 0.25) is 0 Å². The van der Waals surface area contributed by atoms with Crippen molar-refractivity contribution in [2.24, 2.45) is 4.99 Å². The predicted molar refractivity (Wildman–Crippen MR) is 87.8 cm³/mol. The molecule has 0 atom stereocenters. The number of fused-ring (bicyclic) bond motifs is 1. The maximum Gasteiger partial charge on any atom is 0.152 e. The highest BCUT2D eigenvalue weighted by molar-refractivity contribution is 5.87. The summed E-state index contributed by atoms with van der Waals surface area (Å²) in [4.78, 5) is 8.78. The van der Waals surface area contributed by atoms with Gasteiger partial charge in [0, 0.05) is 22.7 Å². The molecule has 4 nitrogen and oxygen atoms in total. The molecule has 0 unspecified atom stereocenters. The van der Waals surface area contributed by atoms with Gasteiger partial charge >= 0.3 is 0 Å². The molecule has 1 aromatic heterocycles. The van der Waals surface area contributed by atoms with E-state index in [1.165, 1.54) is 0 Å². The molecule has 0 saturated carbocycles. The third kappa shape index (κ3) is 2.82. The third-order valence-corrected chi connectivity index (χ3v) is 3.45. The molecule has 22 heavy (non-hydrogen) atoms. The normalized spacial score (nSPS) is 11.4. The Bertz CT molecular complexity index is 857. The van der Waals surface area contributed by atoms with Crippen molar-refractivity contribution in [3.8, 4) is 5.75 Å². The van der Waals surface area contributed by atoms with E-state index in [9.17, 15) is 10.2 Å².